The highest BCUT2D eigenvalue weighted by molar-refractivity contribution is 5.99. The monoisotopic (exact) mass is 329 g/mol. The SMILES string of the molecule is CC(C)C(C(=O)CC(=O)OC(C)(C)C)N(C)C(=O)OC(C)(C)C. The highest BCUT2D eigenvalue weighted by Gasteiger charge is 2.34. The number of ketones is 1. The van der Waals surface area contributed by atoms with Crippen LogP contribution in [0.25, 0.3) is 0 Å². The van der Waals surface area contributed by atoms with Crippen molar-refractivity contribution >= 4 is 17.8 Å². The number of hydrogen-bond acceptors (Lipinski definition) is 5. The van der Waals surface area contributed by atoms with Crippen molar-refractivity contribution in [3.05, 3.63) is 0 Å². The molecule has 6 nitrogen and oxygen atoms in total. The van der Waals surface area contributed by atoms with Gasteiger partial charge in [-0.1, -0.05) is 13.8 Å². The third-order valence-electron chi connectivity index (χ3n) is 2.80. The zero-order valence-corrected chi connectivity index (χ0v) is 15.9. The van der Waals surface area contributed by atoms with Gasteiger partial charge in [0.05, 0.1) is 6.04 Å². The van der Waals surface area contributed by atoms with Gasteiger partial charge < -0.3 is 14.4 Å². The number of esters is 1. The maximum atomic E-state index is 12.4. The summed E-state index contributed by atoms with van der Waals surface area (Å²) < 4.78 is 10.4. The molecule has 0 aliphatic heterocycles. The molecule has 134 valence electrons. The molecule has 0 saturated heterocycles. The second-order valence-corrected chi connectivity index (χ2v) is 8.01. The van der Waals surface area contributed by atoms with E-state index in [0.29, 0.717) is 0 Å². The Morgan fingerprint density at radius 2 is 1.35 bits per heavy atom. The van der Waals surface area contributed by atoms with E-state index in [1.54, 1.807) is 41.5 Å². The largest absolute Gasteiger partial charge is 0.460 e. The number of nitrogens with zero attached hydrogens (tertiary/aromatic N) is 1. The third-order valence-corrected chi connectivity index (χ3v) is 2.80. The van der Waals surface area contributed by atoms with Crippen LogP contribution in [0.3, 0.4) is 0 Å². The lowest BCUT2D eigenvalue weighted by Gasteiger charge is -2.32. The van der Waals surface area contributed by atoms with Crippen LogP contribution in [0, 0.1) is 5.92 Å². The first kappa shape index (κ1) is 21.4. The van der Waals surface area contributed by atoms with E-state index in [4.69, 9.17) is 9.47 Å². The van der Waals surface area contributed by atoms with Crippen molar-refractivity contribution in [3.63, 3.8) is 0 Å². The Bertz CT molecular complexity index is 443. The summed E-state index contributed by atoms with van der Waals surface area (Å²) in [5.74, 6) is -1.10. The quantitative estimate of drug-likeness (QED) is 0.572. The molecule has 1 atom stereocenters. The first-order chi connectivity index (χ1) is 10.1. The maximum absolute atomic E-state index is 12.4. The van der Waals surface area contributed by atoms with Gasteiger partial charge in [0.25, 0.3) is 0 Å². The summed E-state index contributed by atoms with van der Waals surface area (Å²) in [7, 11) is 1.51. The van der Waals surface area contributed by atoms with Crippen molar-refractivity contribution in [2.24, 2.45) is 5.92 Å². The predicted molar refractivity (Wildman–Crippen MR) is 88.1 cm³/mol. The molecule has 0 bridgehead atoms. The van der Waals surface area contributed by atoms with Crippen molar-refractivity contribution in [1.29, 1.82) is 0 Å². The van der Waals surface area contributed by atoms with Crippen LogP contribution in [0.15, 0.2) is 0 Å². The lowest BCUT2D eigenvalue weighted by molar-refractivity contribution is -0.157. The molecule has 0 radical (unpaired) electrons. The molecule has 0 spiro atoms. The van der Waals surface area contributed by atoms with E-state index < -0.39 is 29.3 Å². The fourth-order valence-corrected chi connectivity index (χ4v) is 2.11. The van der Waals surface area contributed by atoms with E-state index >= 15 is 0 Å². The second-order valence-electron chi connectivity index (χ2n) is 8.01. The summed E-state index contributed by atoms with van der Waals surface area (Å²) >= 11 is 0. The van der Waals surface area contributed by atoms with E-state index in [0.717, 1.165) is 0 Å². The molecular formula is C17H31NO5. The molecule has 0 aliphatic carbocycles. The molecule has 0 saturated carbocycles. The summed E-state index contributed by atoms with van der Waals surface area (Å²) in [4.78, 5) is 37.7. The first-order valence-corrected chi connectivity index (χ1v) is 7.84. The number of ether oxygens (including phenoxy) is 2. The van der Waals surface area contributed by atoms with E-state index in [-0.39, 0.29) is 18.1 Å². The molecule has 6 heteroatoms. The fourth-order valence-electron chi connectivity index (χ4n) is 2.11. The zero-order valence-electron chi connectivity index (χ0n) is 15.9. The third kappa shape index (κ3) is 8.57. The average molecular weight is 329 g/mol. The zero-order chi connectivity index (χ0) is 18.6. The Morgan fingerprint density at radius 1 is 0.913 bits per heavy atom. The van der Waals surface area contributed by atoms with Crippen molar-refractivity contribution in [3.8, 4) is 0 Å². The number of Topliss-reactive ketones (excluding diaryl/α,β-unsaturated/α-hetero) is 1. The summed E-state index contributed by atoms with van der Waals surface area (Å²) in [6.07, 6.45) is -0.957. The van der Waals surface area contributed by atoms with Gasteiger partial charge in [-0.15, -0.1) is 0 Å². The van der Waals surface area contributed by atoms with Gasteiger partial charge in [-0.3, -0.25) is 9.59 Å². The molecule has 0 heterocycles. The first-order valence-electron chi connectivity index (χ1n) is 7.84. The molecule has 23 heavy (non-hydrogen) atoms. The summed E-state index contributed by atoms with van der Waals surface area (Å²) in [5, 5.41) is 0. The van der Waals surface area contributed by atoms with Crippen LogP contribution < -0.4 is 0 Å². The van der Waals surface area contributed by atoms with Gasteiger partial charge in [-0.25, -0.2) is 4.79 Å². The topological polar surface area (TPSA) is 72.9 Å². The van der Waals surface area contributed by atoms with E-state index in [1.165, 1.54) is 11.9 Å². The molecule has 0 aliphatic rings. The molecule has 0 aromatic rings. The van der Waals surface area contributed by atoms with E-state index in [2.05, 4.69) is 0 Å². The van der Waals surface area contributed by atoms with Gasteiger partial charge in [-0.2, -0.15) is 0 Å². The van der Waals surface area contributed by atoms with Gasteiger partial charge in [0.15, 0.2) is 5.78 Å². The summed E-state index contributed by atoms with van der Waals surface area (Å²) in [6.45, 7) is 14.1. The normalized spacial score (nSPS) is 13.5. The highest BCUT2D eigenvalue weighted by atomic mass is 16.6. The molecule has 0 fully saturated rings. The minimum absolute atomic E-state index is 0.151. The number of carbonyl (C=O) groups excluding carboxylic acids is 3. The van der Waals surface area contributed by atoms with Gasteiger partial charge >= 0.3 is 12.1 Å². The van der Waals surface area contributed by atoms with Crippen LogP contribution in [0.4, 0.5) is 4.79 Å². The van der Waals surface area contributed by atoms with Crippen LogP contribution in [0.2, 0.25) is 0 Å². The molecular weight excluding hydrogens is 298 g/mol. The average Bonchev–Trinajstić information content (AvgIpc) is 2.22. The minimum atomic E-state index is -0.739. The van der Waals surface area contributed by atoms with Crippen LogP contribution in [0.1, 0.15) is 61.8 Å². The molecule has 1 unspecified atom stereocenters. The van der Waals surface area contributed by atoms with Gasteiger partial charge in [0, 0.05) is 7.05 Å². The Hall–Kier alpha value is -1.59. The lowest BCUT2D eigenvalue weighted by Crippen LogP contribution is -2.48. The Kier molecular flexibility index (Phi) is 7.26. The number of likely N-dealkylation sites (N-methyl/N-ethyl adjacent to an activating group) is 1. The van der Waals surface area contributed by atoms with Gasteiger partial charge in [0.2, 0.25) is 0 Å². The van der Waals surface area contributed by atoms with Crippen molar-refractivity contribution in [2.45, 2.75) is 79.1 Å². The minimum Gasteiger partial charge on any atom is -0.460 e. The molecule has 0 N–H and O–H groups in total. The van der Waals surface area contributed by atoms with Crippen LogP contribution in [-0.4, -0.2) is 47.0 Å². The van der Waals surface area contributed by atoms with E-state index in [9.17, 15) is 14.4 Å². The fraction of sp³-hybridized carbons (Fsp3) is 0.824. The van der Waals surface area contributed by atoms with Crippen molar-refractivity contribution in [2.75, 3.05) is 7.05 Å². The van der Waals surface area contributed by atoms with Gasteiger partial charge in [-0.05, 0) is 47.5 Å². The Labute approximate surface area is 139 Å². The van der Waals surface area contributed by atoms with Gasteiger partial charge in [0.1, 0.15) is 17.6 Å². The summed E-state index contributed by atoms with van der Waals surface area (Å²) in [6, 6.07) is -0.739. The maximum Gasteiger partial charge on any atom is 0.410 e. The number of hydrogen-bond donors (Lipinski definition) is 0. The van der Waals surface area contributed by atoms with Crippen molar-refractivity contribution < 1.29 is 23.9 Å². The molecule has 1 amide bonds. The van der Waals surface area contributed by atoms with Crippen LogP contribution in [0.5, 0.6) is 0 Å². The molecule has 0 rings (SSSR count). The number of carbonyl (C=O) groups is 3. The number of rotatable bonds is 5. The smallest absolute Gasteiger partial charge is 0.410 e. The van der Waals surface area contributed by atoms with Crippen LogP contribution >= 0.6 is 0 Å². The predicted octanol–water partition coefficient (Wildman–Crippen LogP) is 3.18. The van der Waals surface area contributed by atoms with Crippen LogP contribution in [-0.2, 0) is 19.1 Å². The highest BCUT2D eigenvalue weighted by Crippen LogP contribution is 2.18. The Balaban J connectivity index is 5.00. The molecule has 0 aromatic carbocycles. The standard InChI is InChI=1S/C17H31NO5/c1-11(2)14(18(9)15(21)23-17(6,7)8)12(19)10-13(20)22-16(3,4)5/h11,14H,10H2,1-9H3. The number of amides is 1. The van der Waals surface area contributed by atoms with Crippen molar-refractivity contribution in [1.82, 2.24) is 4.90 Å². The molecule has 0 aromatic heterocycles. The lowest BCUT2D eigenvalue weighted by atomic mass is 9.96. The Morgan fingerprint density at radius 3 is 1.70 bits per heavy atom. The summed E-state index contributed by atoms with van der Waals surface area (Å²) in [5.41, 5.74) is -1.30. The second kappa shape index (κ2) is 7.79. The van der Waals surface area contributed by atoms with E-state index in [1.807, 2.05) is 13.8 Å².